The van der Waals surface area contributed by atoms with Crippen LogP contribution in [0, 0.1) is 17.9 Å². The van der Waals surface area contributed by atoms with E-state index in [-0.39, 0.29) is 5.91 Å². The van der Waals surface area contributed by atoms with Crippen molar-refractivity contribution in [2.24, 2.45) is 0 Å². The summed E-state index contributed by atoms with van der Waals surface area (Å²) in [5.74, 6) is -0.777. The van der Waals surface area contributed by atoms with E-state index in [0.717, 1.165) is 55.2 Å². The second kappa shape index (κ2) is 12.1. The van der Waals surface area contributed by atoms with E-state index in [1.807, 2.05) is 109 Å². The highest BCUT2D eigenvalue weighted by Crippen LogP contribution is 2.44. The number of anilines is 1. The van der Waals surface area contributed by atoms with Crippen LogP contribution in [0.15, 0.2) is 158 Å². The monoisotopic (exact) mass is 666 g/mol. The molecule has 0 unspecified atom stereocenters. The fourth-order valence-electron chi connectivity index (χ4n) is 7.41. The van der Waals surface area contributed by atoms with Crippen LogP contribution in [0.1, 0.15) is 26.3 Å². The second-order valence-corrected chi connectivity index (χ2v) is 12.6. The summed E-state index contributed by atoms with van der Waals surface area (Å²) in [5.41, 5.74) is 10.1. The smallest absolute Gasteiger partial charge is 0.268 e. The van der Waals surface area contributed by atoms with Crippen molar-refractivity contribution in [2.75, 3.05) is 4.90 Å². The number of hydrogen-bond donors (Lipinski definition) is 0. The standard InChI is InChI=1S/C46H26N4O2/c1-48-34-25-23-32(24-26-34)37-14-7-16-39-38-15-6-13-36(31-21-19-29(28-47)20-22-31)43(38)50(44(37)39)41-18-8-17-40-42(41)46(52)49(45(40)51)35-12-5-11-33(27-35)30-9-3-2-4-10-30/h2-27H. The fraction of sp³-hybridized carbons (Fsp3) is 0. The lowest BCUT2D eigenvalue weighted by atomic mass is 9.99. The molecule has 7 aromatic carbocycles. The van der Waals surface area contributed by atoms with E-state index < -0.39 is 5.91 Å². The van der Waals surface area contributed by atoms with Gasteiger partial charge in [-0.2, -0.15) is 5.26 Å². The zero-order chi connectivity index (χ0) is 35.3. The normalized spacial score (nSPS) is 12.2. The van der Waals surface area contributed by atoms with Gasteiger partial charge in [-0.1, -0.05) is 121 Å². The number of aromatic nitrogens is 1. The molecule has 8 aromatic rings. The molecule has 1 aliphatic rings. The SMILES string of the molecule is [C-]#[N+]c1ccc(-c2cccc3c4cccc(-c5ccc(C#N)cc5)c4n(-c4cccc5c4C(=O)N(c4cccc(-c6ccccc6)c4)C5=O)c23)cc1. The van der Waals surface area contributed by atoms with Gasteiger partial charge in [0.25, 0.3) is 11.8 Å². The average Bonchev–Trinajstić information content (AvgIpc) is 3.69. The maximum atomic E-state index is 14.7. The van der Waals surface area contributed by atoms with E-state index >= 15 is 0 Å². The van der Waals surface area contributed by atoms with E-state index in [1.54, 1.807) is 36.4 Å². The first-order valence-corrected chi connectivity index (χ1v) is 16.8. The molecule has 242 valence electrons. The number of carbonyl (C=O) groups excluding carboxylic acids is 2. The molecular weight excluding hydrogens is 641 g/mol. The van der Waals surface area contributed by atoms with Crippen molar-refractivity contribution in [3.05, 3.63) is 186 Å². The van der Waals surface area contributed by atoms with Crippen molar-refractivity contribution in [1.29, 1.82) is 5.26 Å². The lowest BCUT2D eigenvalue weighted by Crippen LogP contribution is -2.29. The molecule has 9 rings (SSSR count). The second-order valence-electron chi connectivity index (χ2n) is 12.6. The summed E-state index contributed by atoms with van der Waals surface area (Å²) in [5, 5.41) is 11.5. The third kappa shape index (κ3) is 4.71. The largest absolute Gasteiger partial charge is 0.307 e. The highest BCUT2D eigenvalue weighted by atomic mass is 16.2. The predicted molar refractivity (Wildman–Crippen MR) is 206 cm³/mol. The van der Waals surface area contributed by atoms with Gasteiger partial charge in [-0.3, -0.25) is 9.59 Å². The molecule has 1 aliphatic heterocycles. The quantitative estimate of drug-likeness (QED) is 0.136. The van der Waals surface area contributed by atoms with Crippen molar-refractivity contribution in [2.45, 2.75) is 0 Å². The lowest BCUT2D eigenvalue weighted by molar-refractivity contribution is 0.0926. The van der Waals surface area contributed by atoms with Crippen molar-refractivity contribution >= 4 is 45.0 Å². The van der Waals surface area contributed by atoms with Crippen LogP contribution in [-0.4, -0.2) is 16.4 Å². The maximum absolute atomic E-state index is 14.7. The first kappa shape index (κ1) is 30.5. The van der Waals surface area contributed by atoms with Crippen molar-refractivity contribution in [1.82, 2.24) is 4.57 Å². The number of nitriles is 1. The van der Waals surface area contributed by atoms with Gasteiger partial charge in [-0.25, -0.2) is 9.74 Å². The zero-order valence-electron chi connectivity index (χ0n) is 27.6. The van der Waals surface area contributed by atoms with E-state index in [9.17, 15) is 14.9 Å². The molecule has 0 aliphatic carbocycles. The molecule has 0 atom stereocenters. The highest BCUT2D eigenvalue weighted by Gasteiger charge is 2.39. The van der Waals surface area contributed by atoms with Crippen LogP contribution >= 0.6 is 0 Å². The summed E-state index contributed by atoms with van der Waals surface area (Å²) in [6.07, 6.45) is 0. The van der Waals surface area contributed by atoms with E-state index in [4.69, 9.17) is 6.57 Å². The Morgan fingerprint density at radius 1 is 0.538 bits per heavy atom. The van der Waals surface area contributed by atoms with Crippen molar-refractivity contribution in [3.8, 4) is 45.1 Å². The topological polar surface area (TPSA) is 70.5 Å². The predicted octanol–water partition coefficient (Wildman–Crippen LogP) is 11.0. The van der Waals surface area contributed by atoms with Gasteiger partial charge < -0.3 is 4.57 Å². The number of carbonyl (C=O) groups is 2. The van der Waals surface area contributed by atoms with Crippen LogP contribution in [-0.2, 0) is 0 Å². The summed E-state index contributed by atoms with van der Waals surface area (Å²) < 4.78 is 2.12. The molecule has 6 heteroatoms. The number of hydrogen-bond acceptors (Lipinski definition) is 3. The van der Waals surface area contributed by atoms with E-state index in [1.165, 1.54) is 4.90 Å². The molecule has 0 bridgehead atoms. The van der Waals surface area contributed by atoms with Crippen LogP contribution in [0.5, 0.6) is 0 Å². The number of imide groups is 1. The van der Waals surface area contributed by atoms with Gasteiger partial charge in [0.1, 0.15) is 0 Å². The first-order valence-electron chi connectivity index (χ1n) is 16.8. The molecule has 2 heterocycles. The summed E-state index contributed by atoms with van der Waals surface area (Å²) in [6, 6.07) is 52.3. The minimum absolute atomic E-state index is 0.323. The molecule has 2 amide bonds. The van der Waals surface area contributed by atoms with Crippen LogP contribution in [0.3, 0.4) is 0 Å². The van der Waals surface area contributed by atoms with E-state index in [2.05, 4.69) is 27.6 Å². The maximum Gasteiger partial charge on any atom is 0.268 e. The molecular formula is C46H26N4O2. The van der Waals surface area contributed by atoms with Crippen LogP contribution in [0.25, 0.3) is 65.7 Å². The number of amides is 2. The Bertz CT molecular complexity index is 2720. The number of rotatable bonds is 5. The Morgan fingerprint density at radius 3 is 1.75 bits per heavy atom. The molecule has 0 spiro atoms. The Balaban J connectivity index is 1.32. The number of fused-ring (bicyclic) bond motifs is 4. The van der Waals surface area contributed by atoms with E-state index in [0.29, 0.717) is 33.8 Å². The summed E-state index contributed by atoms with van der Waals surface area (Å²) >= 11 is 0. The fourth-order valence-corrected chi connectivity index (χ4v) is 7.41. The number of benzene rings is 7. The van der Waals surface area contributed by atoms with Crippen LogP contribution in [0.2, 0.25) is 0 Å². The Morgan fingerprint density at radius 2 is 1.12 bits per heavy atom. The molecule has 0 saturated carbocycles. The molecule has 0 N–H and O–H groups in total. The van der Waals surface area contributed by atoms with Gasteiger partial charge in [-0.15, -0.1) is 0 Å². The molecule has 0 fully saturated rings. The minimum Gasteiger partial charge on any atom is -0.307 e. The Kier molecular flexibility index (Phi) is 7.10. The molecule has 52 heavy (non-hydrogen) atoms. The van der Waals surface area contributed by atoms with Gasteiger partial charge >= 0.3 is 0 Å². The third-order valence-electron chi connectivity index (χ3n) is 9.79. The molecule has 0 saturated heterocycles. The first-order chi connectivity index (χ1) is 25.6. The van der Waals surface area contributed by atoms with Gasteiger partial charge in [-0.05, 0) is 58.7 Å². The van der Waals surface area contributed by atoms with Gasteiger partial charge in [0.15, 0.2) is 5.69 Å². The van der Waals surface area contributed by atoms with Gasteiger partial charge in [0, 0.05) is 21.9 Å². The third-order valence-corrected chi connectivity index (χ3v) is 9.79. The van der Waals surface area contributed by atoms with Crippen molar-refractivity contribution < 1.29 is 9.59 Å². The highest BCUT2D eigenvalue weighted by molar-refractivity contribution is 6.36. The number of nitrogens with zero attached hydrogens (tertiary/aromatic N) is 4. The zero-order valence-corrected chi connectivity index (χ0v) is 27.6. The van der Waals surface area contributed by atoms with Crippen molar-refractivity contribution in [3.63, 3.8) is 0 Å². The van der Waals surface area contributed by atoms with Gasteiger partial charge in [0.2, 0.25) is 0 Å². The van der Waals surface area contributed by atoms with Crippen LogP contribution in [0.4, 0.5) is 11.4 Å². The Hall–Kier alpha value is -7.54. The molecule has 6 nitrogen and oxygen atoms in total. The lowest BCUT2D eigenvalue weighted by Gasteiger charge is -2.17. The minimum atomic E-state index is -0.398. The summed E-state index contributed by atoms with van der Waals surface area (Å²) in [7, 11) is 0. The average molecular weight is 667 g/mol. The summed E-state index contributed by atoms with van der Waals surface area (Å²) in [4.78, 5) is 33.8. The van der Waals surface area contributed by atoms with Gasteiger partial charge in [0.05, 0.1) is 51.7 Å². The Labute approximate surface area is 299 Å². The molecule has 1 aromatic heterocycles. The number of para-hydroxylation sites is 2. The summed E-state index contributed by atoms with van der Waals surface area (Å²) in [6.45, 7) is 7.48. The molecule has 0 radical (unpaired) electrons. The van der Waals surface area contributed by atoms with Crippen LogP contribution < -0.4 is 4.90 Å².